The molecular formula is C30H35NO2. The van der Waals surface area contributed by atoms with Crippen molar-refractivity contribution in [3.8, 4) is 0 Å². The second kappa shape index (κ2) is 9.42. The fourth-order valence-electron chi connectivity index (χ4n) is 5.53. The first-order chi connectivity index (χ1) is 16.1. The van der Waals surface area contributed by atoms with Gasteiger partial charge in [-0.2, -0.15) is 0 Å². The largest absolute Gasteiger partial charge is 0.380 e. The van der Waals surface area contributed by atoms with Gasteiger partial charge in [-0.25, -0.2) is 0 Å². The number of ether oxygens (including phenoxy) is 1. The van der Waals surface area contributed by atoms with Crippen LogP contribution in [0, 0.1) is 5.92 Å². The van der Waals surface area contributed by atoms with Crippen LogP contribution in [0.1, 0.15) is 42.0 Å². The SMILES string of the molecule is CC1(c2ccc(CCN3CCC(C(O)(c4ccccc4)c4ccccc4)CC3)cc2)COC1. The van der Waals surface area contributed by atoms with Crippen molar-refractivity contribution in [3.05, 3.63) is 107 Å². The molecule has 3 aromatic carbocycles. The van der Waals surface area contributed by atoms with Gasteiger partial charge in [0.05, 0.1) is 13.2 Å². The normalized spacial score (nSPS) is 19.2. The number of piperidine rings is 1. The molecule has 0 atom stereocenters. The van der Waals surface area contributed by atoms with Gasteiger partial charge in [-0.05, 0) is 60.5 Å². The van der Waals surface area contributed by atoms with Crippen LogP contribution >= 0.6 is 0 Å². The first-order valence-corrected chi connectivity index (χ1v) is 12.3. The van der Waals surface area contributed by atoms with Crippen LogP contribution < -0.4 is 0 Å². The lowest BCUT2D eigenvalue weighted by Crippen LogP contribution is -2.44. The van der Waals surface area contributed by atoms with Crippen molar-refractivity contribution in [2.75, 3.05) is 32.8 Å². The summed E-state index contributed by atoms with van der Waals surface area (Å²) in [6.07, 6.45) is 3.06. The van der Waals surface area contributed by atoms with Crippen LogP contribution in [0.4, 0.5) is 0 Å². The van der Waals surface area contributed by atoms with Gasteiger partial charge >= 0.3 is 0 Å². The third kappa shape index (κ3) is 4.50. The number of hydrogen-bond acceptors (Lipinski definition) is 3. The molecule has 0 aliphatic carbocycles. The second-order valence-corrected chi connectivity index (χ2v) is 10.1. The van der Waals surface area contributed by atoms with Crippen molar-refractivity contribution >= 4 is 0 Å². The van der Waals surface area contributed by atoms with Crippen molar-refractivity contribution in [1.82, 2.24) is 4.90 Å². The highest BCUT2D eigenvalue weighted by Gasteiger charge is 2.41. The number of rotatable bonds is 7. The zero-order chi connectivity index (χ0) is 22.7. The molecule has 33 heavy (non-hydrogen) atoms. The fourth-order valence-corrected chi connectivity index (χ4v) is 5.53. The standard InChI is InChI=1S/C30H35NO2/c1-29(22-33-23-29)25-14-12-24(13-15-25)16-19-31-20-17-28(18-21-31)30(32,26-8-4-2-5-9-26)27-10-6-3-7-11-27/h2-15,28,32H,16-23H2,1H3. The molecule has 2 fully saturated rings. The molecule has 0 spiro atoms. The summed E-state index contributed by atoms with van der Waals surface area (Å²) in [5.41, 5.74) is 4.05. The zero-order valence-electron chi connectivity index (χ0n) is 19.6. The smallest absolute Gasteiger partial charge is 0.117 e. The quantitative estimate of drug-likeness (QED) is 0.549. The highest BCUT2D eigenvalue weighted by molar-refractivity contribution is 5.37. The summed E-state index contributed by atoms with van der Waals surface area (Å²) in [4.78, 5) is 2.56. The van der Waals surface area contributed by atoms with Crippen molar-refractivity contribution in [2.24, 2.45) is 5.92 Å². The number of benzene rings is 3. The van der Waals surface area contributed by atoms with E-state index >= 15 is 0 Å². The Hall–Kier alpha value is -2.46. The van der Waals surface area contributed by atoms with Crippen molar-refractivity contribution in [1.29, 1.82) is 0 Å². The maximum absolute atomic E-state index is 12.1. The van der Waals surface area contributed by atoms with Crippen LogP contribution in [0.5, 0.6) is 0 Å². The number of aliphatic hydroxyl groups is 1. The van der Waals surface area contributed by atoms with E-state index in [0.717, 1.165) is 63.2 Å². The lowest BCUT2D eigenvalue weighted by molar-refractivity contribution is -0.0500. The molecule has 0 amide bonds. The number of nitrogens with zero attached hydrogens (tertiary/aromatic N) is 1. The number of likely N-dealkylation sites (tertiary alicyclic amines) is 1. The first-order valence-electron chi connectivity index (χ1n) is 12.3. The maximum atomic E-state index is 12.1. The molecule has 0 bridgehead atoms. The monoisotopic (exact) mass is 441 g/mol. The van der Waals surface area contributed by atoms with E-state index in [2.05, 4.69) is 60.4 Å². The van der Waals surface area contributed by atoms with Crippen LogP contribution in [0.2, 0.25) is 0 Å². The first kappa shape index (κ1) is 22.3. The highest BCUT2D eigenvalue weighted by atomic mass is 16.5. The molecular weight excluding hydrogens is 406 g/mol. The van der Waals surface area contributed by atoms with Gasteiger partial charge < -0.3 is 14.7 Å². The predicted molar refractivity (Wildman–Crippen MR) is 133 cm³/mol. The van der Waals surface area contributed by atoms with Crippen LogP contribution in [-0.4, -0.2) is 42.9 Å². The van der Waals surface area contributed by atoms with Crippen molar-refractivity contribution in [3.63, 3.8) is 0 Å². The minimum atomic E-state index is -0.939. The van der Waals surface area contributed by atoms with E-state index < -0.39 is 5.60 Å². The van der Waals surface area contributed by atoms with E-state index in [9.17, 15) is 5.11 Å². The molecule has 2 saturated heterocycles. The lowest BCUT2D eigenvalue weighted by Gasteiger charge is -2.42. The molecule has 0 aromatic heterocycles. The van der Waals surface area contributed by atoms with E-state index in [-0.39, 0.29) is 11.3 Å². The third-order valence-electron chi connectivity index (χ3n) is 7.82. The van der Waals surface area contributed by atoms with E-state index in [1.807, 2.05) is 36.4 Å². The van der Waals surface area contributed by atoms with E-state index in [0.29, 0.717) is 0 Å². The molecule has 2 aliphatic rings. The Bertz CT molecular complexity index is 980. The van der Waals surface area contributed by atoms with Gasteiger partial charge in [0.1, 0.15) is 5.60 Å². The number of hydrogen-bond donors (Lipinski definition) is 1. The summed E-state index contributed by atoms with van der Waals surface area (Å²) >= 11 is 0. The van der Waals surface area contributed by atoms with Crippen LogP contribution in [0.3, 0.4) is 0 Å². The summed E-state index contributed by atoms with van der Waals surface area (Å²) in [6.45, 7) is 7.07. The van der Waals surface area contributed by atoms with Gasteiger partial charge in [0.25, 0.3) is 0 Å². The van der Waals surface area contributed by atoms with E-state index in [4.69, 9.17) is 4.74 Å². The Balaban J connectivity index is 1.21. The van der Waals surface area contributed by atoms with Gasteiger partial charge in [0, 0.05) is 12.0 Å². The van der Waals surface area contributed by atoms with Gasteiger partial charge in [-0.15, -0.1) is 0 Å². The lowest BCUT2D eigenvalue weighted by atomic mass is 9.72. The Morgan fingerprint density at radius 2 is 1.39 bits per heavy atom. The van der Waals surface area contributed by atoms with Gasteiger partial charge in [-0.1, -0.05) is 91.9 Å². The maximum Gasteiger partial charge on any atom is 0.117 e. The summed E-state index contributed by atoms with van der Waals surface area (Å²) in [5.74, 6) is 0.211. The zero-order valence-corrected chi connectivity index (χ0v) is 19.6. The second-order valence-electron chi connectivity index (χ2n) is 10.1. The van der Waals surface area contributed by atoms with Crippen LogP contribution in [0.15, 0.2) is 84.9 Å². The molecule has 3 aromatic rings. The summed E-state index contributed by atoms with van der Waals surface area (Å²) in [7, 11) is 0. The molecule has 1 N–H and O–H groups in total. The molecule has 0 unspecified atom stereocenters. The molecule has 2 aliphatic heterocycles. The van der Waals surface area contributed by atoms with Gasteiger partial charge in [0.2, 0.25) is 0 Å². The minimum Gasteiger partial charge on any atom is -0.380 e. The molecule has 0 radical (unpaired) electrons. The minimum absolute atomic E-state index is 0.203. The average molecular weight is 442 g/mol. The summed E-state index contributed by atoms with van der Waals surface area (Å²) in [5, 5.41) is 12.1. The van der Waals surface area contributed by atoms with Gasteiger partial charge in [-0.3, -0.25) is 0 Å². The highest BCUT2D eigenvalue weighted by Crippen LogP contribution is 2.42. The fraction of sp³-hybridized carbons (Fsp3) is 0.400. The molecule has 2 heterocycles. The predicted octanol–water partition coefficient (Wildman–Crippen LogP) is 5.17. The Labute approximate surface area is 198 Å². The van der Waals surface area contributed by atoms with Crippen LogP contribution in [0.25, 0.3) is 0 Å². The average Bonchev–Trinajstić information content (AvgIpc) is 2.87. The third-order valence-corrected chi connectivity index (χ3v) is 7.82. The Kier molecular flexibility index (Phi) is 6.38. The van der Waals surface area contributed by atoms with Crippen LogP contribution in [-0.2, 0) is 22.2 Å². The topological polar surface area (TPSA) is 32.7 Å². The van der Waals surface area contributed by atoms with Crippen molar-refractivity contribution < 1.29 is 9.84 Å². The van der Waals surface area contributed by atoms with Gasteiger partial charge in [0.15, 0.2) is 0 Å². The molecule has 172 valence electrons. The molecule has 5 rings (SSSR count). The summed E-state index contributed by atoms with van der Waals surface area (Å²) < 4.78 is 5.41. The molecule has 3 heteroatoms. The van der Waals surface area contributed by atoms with Crippen molar-refractivity contribution in [2.45, 2.75) is 37.2 Å². The molecule has 3 nitrogen and oxygen atoms in total. The summed E-state index contributed by atoms with van der Waals surface area (Å²) in [6, 6.07) is 29.6. The Morgan fingerprint density at radius 1 is 0.848 bits per heavy atom. The molecule has 0 saturated carbocycles. The van der Waals surface area contributed by atoms with E-state index in [1.54, 1.807) is 0 Å². The van der Waals surface area contributed by atoms with E-state index in [1.165, 1.54) is 11.1 Å². The Morgan fingerprint density at radius 3 is 1.88 bits per heavy atom.